The molecule has 0 aliphatic heterocycles. The van der Waals surface area contributed by atoms with Gasteiger partial charge in [0.2, 0.25) is 0 Å². The number of halogens is 1. The third-order valence-corrected chi connectivity index (χ3v) is 3.69. The van der Waals surface area contributed by atoms with Gasteiger partial charge in [0.1, 0.15) is 0 Å². The van der Waals surface area contributed by atoms with E-state index in [1.54, 1.807) is 20.8 Å². The molecule has 0 aliphatic carbocycles. The van der Waals surface area contributed by atoms with Crippen LogP contribution in [0.3, 0.4) is 0 Å². The maximum atomic E-state index is 12.4. The van der Waals surface area contributed by atoms with Crippen molar-refractivity contribution in [1.82, 2.24) is 10.6 Å². The highest BCUT2D eigenvalue weighted by Crippen LogP contribution is 2.37. The van der Waals surface area contributed by atoms with Gasteiger partial charge in [0.25, 0.3) is 5.91 Å². The van der Waals surface area contributed by atoms with Crippen molar-refractivity contribution in [3.63, 3.8) is 0 Å². The molecule has 1 atom stereocenters. The molecule has 0 aromatic heterocycles. The number of rotatable bonds is 7. The summed E-state index contributed by atoms with van der Waals surface area (Å²) in [4.78, 5) is 36.3. The van der Waals surface area contributed by atoms with E-state index in [9.17, 15) is 14.4 Å². The largest absolute Gasteiger partial charge is 0.493 e. The van der Waals surface area contributed by atoms with Crippen LogP contribution in [-0.4, -0.2) is 43.3 Å². The Hall–Kier alpha value is -2.48. The third kappa shape index (κ3) is 8.19. The van der Waals surface area contributed by atoms with Gasteiger partial charge in [-0.15, -0.1) is 0 Å². The Balaban J connectivity index is 2.84. The Labute approximate surface area is 176 Å². The molecule has 0 saturated heterocycles. The molecule has 0 saturated carbocycles. The molecule has 0 unspecified atom stereocenters. The van der Waals surface area contributed by atoms with Crippen molar-refractivity contribution < 1.29 is 28.6 Å². The number of urea groups is 1. The Bertz CT molecular complexity index is 758. The van der Waals surface area contributed by atoms with Crippen LogP contribution in [0.25, 0.3) is 0 Å². The van der Waals surface area contributed by atoms with E-state index in [2.05, 4.69) is 10.6 Å². The van der Waals surface area contributed by atoms with Crippen LogP contribution in [0, 0.1) is 5.92 Å². The highest BCUT2D eigenvalue weighted by atomic mass is 35.5. The lowest BCUT2D eigenvalue weighted by molar-refractivity contribution is -0.127. The summed E-state index contributed by atoms with van der Waals surface area (Å²) in [6.45, 7) is 11.1. The number of esters is 1. The number of amides is 3. The summed E-state index contributed by atoms with van der Waals surface area (Å²) in [7, 11) is 1.42. The lowest BCUT2D eigenvalue weighted by atomic mass is 10.1. The van der Waals surface area contributed by atoms with Gasteiger partial charge in [0.05, 0.1) is 24.3 Å². The second-order valence-corrected chi connectivity index (χ2v) is 8.34. The van der Waals surface area contributed by atoms with E-state index in [0.717, 1.165) is 0 Å². The minimum Gasteiger partial charge on any atom is -0.493 e. The van der Waals surface area contributed by atoms with Crippen molar-refractivity contribution in [3.05, 3.63) is 22.7 Å². The lowest BCUT2D eigenvalue weighted by Crippen LogP contribution is -2.50. The molecule has 0 radical (unpaired) electrons. The van der Waals surface area contributed by atoms with Crippen molar-refractivity contribution in [2.75, 3.05) is 13.7 Å². The SMILES string of the molecule is COc1cc(C(=O)O[C@@H](C)C(=O)NC(=O)NC(C)(C)C)cc(Cl)c1OCC(C)C. The van der Waals surface area contributed by atoms with Gasteiger partial charge in [-0.2, -0.15) is 0 Å². The number of methoxy groups -OCH3 is 1. The molecule has 9 heteroatoms. The number of carbonyl (C=O) groups excluding carboxylic acids is 3. The molecule has 0 heterocycles. The zero-order chi connectivity index (χ0) is 22.4. The van der Waals surface area contributed by atoms with Gasteiger partial charge in [-0.3, -0.25) is 10.1 Å². The monoisotopic (exact) mass is 428 g/mol. The smallest absolute Gasteiger partial charge is 0.339 e. The Morgan fingerprint density at radius 2 is 1.76 bits per heavy atom. The van der Waals surface area contributed by atoms with E-state index in [0.29, 0.717) is 12.4 Å². The molecule has 1 rings (SSSR count). The van der Waals surface area contributed by atoms with Gasteiger partial charge < -0.3 is 19.5 Å². The fourth-order valence-corrected chi connectivity index (χ4v) is 2.36. The molecule has 2 N–H and O–H groups in total. The average molecular weight is 429 g/mol. The molecule has 162 valence electrons. The Morgan fingerprint density at radius 1 is 1.14 bits per heavy atom. The van der Waals surface area contributed by atoms with Gasteiger partial charge >= 0.3 is 12.0 Å². The maximum Gasteiger partial charge on any atom is 0.339 e. The summed E-state index contributed by atoms with van der Waals surface area (Å²) in [6, 6.07) is 2.11. The molecule has 0 aliphatic rings. The normalized spacial score (nSPS) is 12.2. The molecule has 0 bridgehead atoms. The van der Waals surface area contributed by atoms with E-state index in [1.165, 1.54) is 26.2 Å². The van der Waals surface area contributed by atoms with E-state index in [4.69, 9.17) is 25.8 Å². The zero-order valence-electron chi connectivity index (χ0n) is 17.8. The molecule has 29 heavy (non-hydrogen) atoms. The molecule has 0 spiro atoms. The molecule has 0 fully saturated rings. The van der Waals surface area contributed by atoms with Crippen LogP contribution < -0.4 is 20.1 Å². The van der Waals surface area contributed by atoms with E-state index < -0.39 is 29.6 Å². The number of hydrogen-bond acceptors (Lipinski definition) is 6. The second-order valence-electron chi connectivity index (χ2n) is 7.94. The number of carbonyl (C=O) groups is 3. The first-order valence-electron chi connectivity index (χ1n) is 9.18. The predicted octanol–water partition coefficient (Wildman–Crippen LogP) is 3.55. The highest BCUT2D eigenvalue weighted by molar-refractivity contribution is 6.32. The van der Waals surface area contributed by atoms with E-state index >= 15 is 0 Å². The minimum atomic E-state index is -1.20. The molecule has 1 aromatic rings. The molecule has 3 amide bonds. The molecule has 8 nitrogen and oxygen atoms in total. The zero-order valence-corrected chi connectivity index (χ0v) is 18.6. The first-order valence-corrected chi connectivity index (χ1v) is 9.56. The van der Waals surface area contributed by atoms with Gasteiger partial charge in [-0.1, -0.05) is 25.4 Å². The maximum absolute atomic E-state index is 12.4. The van der Waals surface area contributed by atoms with Gasteiger partial charge in [-0.25, -0.2) is 9.59 Å². The Morgan fingerprint density at radius 3 is 2.28 bits per heavy atom. The second kappa shape index (κ2) is 10.3. The summed E-state index contributed by atoms with van der Waals surface area (Å²) in [5.41, 5.74) is -0.431. The van der Waals surface area contributed by atoms with Crippen LogP contribution in [0.15, 0.2) is 12.1 Å². The van der Waals surface area contributed by atoms with Crippen LogP contribution in [0.4, 0.5) is 4.79 Å². The fourth-order valence-electron chi connectivity index (χ4n) is 2.10. The van der Waals surface area contributed by atoms with Crippen molar-refractivity contribution in [2.24, 2.45) is 5.92 Å². The fraction of sp³-hybridized carbons (Fsp3) is 0.550. The van der Waals surface area contributed by atoms with Crippen LogP contribution in [0.2, 0.25) is 5.02 Å². The van der Waals surface area contributed by atoms with Crippen LogP contribution in [0.5, 0.6) is 11.5 Å². The molecular formula is C20H29ClN2O6. The first-order chi connectivity index (χ1) is 13.3. The Kier molecular flexibility index (Phi) is 8.76. The number of benzene rings is 1. The molecule has 1 aromatic carbocycles. The van der Waals surface area contributed by atoms with Crippen LogP contribution in [0.1, 0.15) is 51.9 Å². The summed E-state index contributed by atoms with van der Waals surface area (Å²) >= 11 is 6.23. The van der Waals surface area contributed by atoms with Gasteiger partial charge in [0, 0.05) is 5.54 Å². The first kappa shape index (κ1) is 24.6. The minimum absolute atomic E-state index is 0.0857. The topological polar surface area (TPSA) is 103 Å². The third-order valence-electron chi connectivity index (χ3n) is 3.40. The van der Waals surface area contributed by atoms with Crippen LogP contribution >= 0.6 is 11.6 Å². The number of imide groups is 1. The predicted molar refractivity (Wildman–Crippen MR) is 110 cm³/mol. The summed E-state index contributed by atoms with van der Waals surface area (Å²) in [5.74, 6) is -0.680. The summed E-state index contributed by atoms with van der Waals surface area (Å²) in [6.07, 6.45) is -1.20. The van der Waals surface area contributed by atoms with Gasteiger partial charge in [0.15, 0.2) is 17.6 Å². The highest BCUT2D eigenvalue weighted by Gasteiger charge is 2.24. The number of hydrogen-bond donors (Lipinski definition) is 2. The number of ether oxygens (including phenoxy) is 3. The number of nitrogens with one attached hydrogen (secondary N) is 2. The molecular weight excluding hydrogens is 400 g/mol. The lowest BCUT2D eigenvalue weighted by Gasteiger charge is -2.21. The van der Waals surface area contributed by atoms with Crippen molar-refractivity contribution in [2.45, 2.75) is 53.2 Å². The average Bonchev–Trinajstić information content (AvgIpc) is 2.57. The quantitative estimate of drug-likeness (QED) is 0.644. The van der Waals surface area contributed by atoms with Crippen molar-refractivity contribution in [3.8, 4) is 11.5 Å². The van der Waals surface area contributed by atoms with E-state index in [-0.39, 0.29) is 22.3 Å². The van der Waals surface area contributed by atoms with Gasteiger partial charge in [-0.05, 0) is 45.7 Å². The van der Waals surface area contributed by atoms with E-state index in [1.807, 2.05) is 13.8 Å². The van der Waals surface area contributed by atoms with Crippen molar-refractivity contribution >= 4 is 29.5 Å². The van der Waals surface area contributed by atoms with Crippen LogP contribution in [-0.2, 0) is 9.53 Å². The summed E-state index contributed by atoms with van der Waals surface area (Å²) < 4.78 is 16.0. The van der Waals surface area contributed by atoms with Crippen molar-refractivity contribution in [1.29, 1.82) is 0 Å². The summed E-state index contributed by atoms with van der Waals surface area (Å²) in [5, 5.41) is 4.88. The standard InChI is InChI=1S/C20H29ClN2O6/c1-11(2)10-28-16-14(21)8-13(9-15(16)27-7)18(25)29-12(3)17(24)22-19(26)23-20(4,5)6/h8-9,11-12H,10H2,1-7H3,(H2,22,23,24,26)/t12-/m0/s1.